The number of hydrogen-bond donors (Lipinski definition) is 1. The number of halogens is 2. The first-order valence-electron chi connectivity index (χ1n) is 7.64. The summed E-state index contributed by atoms with van der Waals surface area (Å²) in [7, 11) is 0. The molecule has 1 aliphatic rings. The largest absolute Gasteiger partial charge is 0.310 e. The highest BCUT2D eigenvalue weighted by Gasteiger charge is 2.30. The number of rotatable bonds is 4. The molecule has 3 heteroatoms. The number of nitrogens with one attached hydrogen (secondary N) is 1. The van der Waals surface area contributed by atoms with Crippen LogP contribution in [0.4, 0.5) is 4.39 Å². The topological polar surface area (TPSA) is 12.0 Å². The molecule has 1 aromatic carbocycles. The summed E-state index contributed by atoms with van der Waals surface area (Å²) >= 11 is 3.30. The van der Waals surface area contributed by atoms with Gasteiger partial charge in [-0.3, -0.25) is 0 Å². The molecule has 0 saturated heterocycles. The van der Waals surface area contributed by atoms with E-state index in [-0.39, 0.29) is 5.82 Å². The molecule has 1 saturated carbocycles. The summed E-state index contributed by atoms with van der Waals surface area (Å²) in [5, 5.41) is 3.60. The van der Waals surface area contributed by atoms with Crippen LogP contribution in [-0.2, 0) is 6.54 Å². The summed E-state index contributed by atoms with van der Waals surface area (Å²) in [5.74, 6) is 2.05. The molecule has 1 aromatic rings. The van der Waals surface area contributed by atoms with Crippen LogP contribution in [0.3, 0.4) is 0 Å². The zero-order valence-electron chi connectivity index (χ0n) is 12.6. The molecule has 0 spiro atoms. The van der Waals surface area contributed by atoms with Crippen molar-refractivity contribution in [2.75, 3.05) is 0 Å². The lowest BCUT2D eigenvalue weighted by molar-refractivity contribution is 0.169. The molecule has 1 aliphatic carbocycles. The Kier molecular flexibility index (Phi) is 5.62. The first-order valence-corrected chi connectivity index (χ1v) is 8.44. The number of benzene rings is 1. The van der Waals surface area contributed by atoms with Crippen molar-refractivity contribution in [2.24, 2.45) is 17.8 Å². The summed E-state index contributed by atoms with van der Waals surface area (Å²) in [4.78, 5) is 0. The van der Waals surface area contributed by atoms with Gasteiger partial charge in [0.15, 0.2) is 0 Å². The van der Waals surface area contributed by atoms with Gasteiger partial charge in [0.05, 0.1) is 0 Å². The maximum absolute atomic E-state index is 13.9. The van der Waals surface area contributed by atoms with E-state index in [2.05, 4.69) is 42.0 Å². The fourth-order valence-corrected chi connectivity index (χ4v) is 3.68. The molecule has 0 heterocycles. The van der Waals surface area contributed by atoms with E-state index in [1.165, 1.54) is 19.3 Å². The molecular formula is C17H25BrFN. The van der Waals surface area contributed by atoms with Gasteiger partial charge in [-0.15, -0.1) is 0 Å². The Morgan fingerprint density at radius 3 is 2.75 bits per heavy atom. The first kappa shape index (κ1) is 16.0. The highest BCUT2D eigenvalue weighted by molar-refractivity contribution is 9.10. The molecule has 1 N–H and O–H groups in total. The van der Waals surface area contributed by atoms with E-state index in [4.69, 9.17) is 0 Å². The van der Waals surface area contributed by atoms with Gasteiger partial charge < -0.3 is 5.32 Å². The van der Waals surface area contributed by atoms with E-state index >= 15 is 0 Å². The van der Waals surface area contributed by atoms with Gasteiger partial charge in [0.1, 0.15) is 5.82 Å². The molecule has 0 aromatic heterocycles. The van der Waals surface area contributed by atoms with Crippen LogP contribution in [-0.4, -0.2) is 6.04 Å². The minimum absolute atomic E-state index is 0.128. The summed E-state index contributed by atoms with van der Waals surface area (Å²) in [5.41, 5.74) is 0.758. The van der Waals surface area contributed by atoms with E-state index in [1.54, 1.807) is 6.07 Å². The minimum Gasteiger partial charge on any atom is -0.310 e. The Morgan fingerprint density at radius 1 is 1.35 bits per heavy atom. The second kappa shape index (κ2) is 7.04. The third kappa shape index (κ3) is 4.05. The van der Waals surface area contributed by atoms with Crippen molar-refractivity contribution in [3.05, 3.63) is 34.1 Å². The molecule has 0 radical (unpaired) electrons. The summed E-state index contributed by atoms with van der Waals surface area (Å²) in [6, 6.07) is 5.83. The highest BCUT2D eigenvalue weighted by Crippen LogP contribution is 2.33. The number of hydrogen-bond acceptors (Lipinski definition) is 1. The van der Waals surface area contributed by atoms with Crippen LogP contribution in [0.1, 0.15) is 45.6 Å². The Hall–Kier alpha value is -0.410. The lowest BCUT2D eigenvalue weighted by atomic mass is 9.74. The zero-order chi connectivity index (χ0) is 14.7. The van der Waals surface area contributed by atoms with Gasteiger partial charge in [-0.2, -0.15) is 0 Å². The standard InChI is InChI=1S/C17H25BrFN/c1-11(2)15-7-4-12(3)8-17(15)20-10-13-5-6-14(18)9-16(13)19/h5-6,9,11-12,15,17,20H,4,7-8,10H2,1-3H3. The van der Waals surface area contributed by atoms with Crippen molar-refractivity contribution in [1.82, 2.24) is 5.32 Å². The molecule has 3 unspecified atom stereocenters. The van der Waals surface area contributed by atoms with E-state index in [0.717, 1.165) is 16.0 Å². The molecule has 1 fully saturated rings. The van der Waals surface area contributed by atoms with Gasteiger partial charge in [0.25, 0.3) is 0 Å². The molecule has 0 aliphatic heterocycles. The molecule has 0 bridgehead atoms. The lowest BCUT2D eigenvalue weighted by Gasteiger charge is -2.38. The maximum Gasteiger partial charge on any atom is 0.128 e. The van der Waals surface area contributed by atoms with Crippen molar-refractivity contribution in [2.45, 2.75) is 52.6 Å². The van der Waals surface area contributed by atoms with Crippen molar-refractivity contribution in [1.29, 1.82) is 0 Å². The van der Waals surface area contributed by atoms with Gasteiger partial charge in [0, 0.05) is 22.6 Å². The molecule has 112 valence electrons. The van der Waals surface area contributed by atoms with Crippen LogP contribution in [0.25, 0.3) is 0 Å². The summed E-state index contributed by atoms with van der Waals surface area (Å²) < 4.78 is 14.7. The van der Waals surface area contributed by atoms with Crippen LogP contribution in [0.2, 0.25) is 0 Å². The van der Waals surface area contributed by atoms with Crippen molar-refractivity contribution < 1.29 is 4.39 Å². The molecule has 0 amide bonds. The predicted molar refractivity (Wildman–Crippen MR) is 86.1 cm³/mol. The van der Waals surface area contributed by atoms with Crippen LogP contribution in [0, 0.1) is 23.6 Å². The molecule has 20 heavy (non-hydrogen) atoms. The van der Waals surface area contributed by atoms with Crippen molar-refractivity contribution in [3.8, 4) is 0 Å². The van der Waals surface area contributed by atoms with Crippen LogP contribution in [0.15, 0.2) is 22.7 Å². The quantitative estimate of drug-likeness (QED) is 0.799. The normalized spacial score (nSPS) is 27.0. The van der Waals surface area contributed by atoms with Gasteiger partial charge in [-0.1, -0.05) is 49.2 Å². The monoisotopic (exact) mass is 341 g/mol. The summed E-state index contributed by atoms with van der Waals surface area (Å²) in [6.07, 6.45) is 3.83. The molecule has 2 rings (SSSR count). The Labute approximate surface area is 130 Å². The smallest absolute Gasteiger partial charge is 0.128 e. The minimum atomic E-state index is -0.128. The van der Waals surface area contributed by atoms with Crippen molar-refractivity contribution in [3.63, 3.8) is 0 Å². The Balaban J connectivity index is 2.00. The zero-order valence-corrected chi connectivity index (χ0v) is 14.2. The van der Waals surface area contributed by atoms with E-state index in [9.17, 15) is 4.39 Å². The third-order valence-electron chi connectivity index (χ3n) is 4.59. The third-order valence-corrected chi connectivity index (χ3v) is 5.09. The molecule has 3 atom stereocenters. The summed E-state index contributed by atoms with van der Waals surface area (Å²) in [6.45, 7) is 7.55. The van der Waals surface area contributed by atoms with Gasteiger partial charge in [-0.25, -0.2) is 4.39 Å². The highest BCUT2D eigenvalue weighted by atomic mass is 79.9. The fraction of sp³-hybridized carbons (Fsp3) is 0.647. The first-order chi connectivity index (χ1) is 9.47. The Bertz CT molecular complexity index is 447. The Morgan fingerprint density at radius 2 is 2.10 bits per heavy atom. The lowest BCUT2D eigenvalue weighted by Crippen LogP contribution is -2.42. The van der Waals surface area contributed by atoms with Gasteiger partial charge in [0.2, 0.25) is 0 Å². The average molecular weight is 342 g/mol. The fourth-order valence-electron chi connectivity index (χ4n) is 3.34. The second-order valence-corrected chi connectivity index (χ2v) is 7.46. The SMILES string of the molecule is CC1CCC(C(C)C)C(NCc2ccc(Br)cc2F)C1. The molecular weight excluding hydrogens is 317 g/mol. The molecule has 1 nitrogen and oxygen atoms in total. The van der Waals surface area contributed by atoms with Gasteiger partial charge >= 0.3 is 0 Å². The van der Waals surface area contributed by atoms with Crippen molar-refractivity contribution >= 4 is 15.9 Å². The van der Waals surface area contributed by atoms with Crippen LogP contribution in [0.5, 0.6) is 0 Å². The van der Waals surface area contributed by atoms with Crippen LogP contribution >= 0.6 is 15.9 Å². The average Bonchev–Trinajstić information content (AvgIpc) is 2.37. The van der Waals surface area contributed by atoms with E-state index in [0.29, 0.717) is 24.4 Å². The van der Waals surface area contributed by atoms with Crippen LogP contribution < -0.4 is 5.32 Å². The maximum atomic E-state index is 13.9. The second-order valence-electron chi connectivity index (χ2n) is 6.55. The predicted octanol–water partition coefficient (Wildman–Crippen LogP) is 5.14. The van der Waals surface area contributed by atoms with E-state index in [1.807, 2.05) is 12.1 Å². The van der Waals surface area contributed by atoms with E-state index < -0.39 is 0 Å². The van der Waals surface area contributed by atoms with Gasteiger partial charge in [-0.05, 0) is 42.7 Å².